The number of hydrogen-bond donors (Lipinski definition) is 0. The molecule has 0 bridgehead atoms. The van der Waals surface area contributed by atoms with E-state index in [1.54, 1.807) is 6.07 Å². The Morgan fingerprint density at radius 2 is 1.65 bits per heavy atom. The van der Waals surface area contributed by atoms with Gasteiger partial charge in [0, 0.05) is 16.7 Å². The SMILES string of the molecule is CCCCOc1ccc(-c2ccc(C3=CCC(OCc4ccc(C)c(F)c4F)CC3)cc2F)c(F)c1F. The third kappa shape index (κ3) is 6.04. The van der Waals surface area contributed by atoms with Crippen molar-refractivity contribution in [1.29, 1.82) is 0 Å². The largest absolute Gasteiger partial charge is 0.490 e. The van der Waals surface area contributed by atoms with E-state index >= 15 is 0 Å². The Bertz CT molecular complexity index is 1300. The van der Waals surface area contributed by atoms with Gasteiger partial charge in [0.05, 0.1) is 19.3 Å². The normalized spacial score (nSPS) is 15.5. The number of halogens is 5. The van der Waals surface area contributed by atoms with Gasteiger partial charge in [0.25, 0.3) is 0 Å². The van der Waals surface area contributed by atoms with Gasteiger partial charge in [-0.1, -0.05) is 43.7 Å². The fourth-order valence-corrected chi connectivity index (χ4v) is 4.34. The first-order valence-electron chi connectivity index (χ1n) is 12.4. The first-order valence-corrected chi connectivity index (χ1v) is 12.4. The fraction of sp³-hybridized carbons (Fsp3) is 0.333. The van der Waals surface area contributed by atoms with Crippen LogP contribution in [-0.2, 0) is 11.3 Å². The van der Waals surface area contributed by atoms with Crippen LogP contribution < -0.4 is 4.74 Å². The van der Waals surface area contributed by atoms with E-state index in [4.69, 9.17) is 9.47 Å². The monoisotopic (exact) mass is 516 g/mol. The molecule has 1 aliphatic rings. The number of ether oxygens (including phenoxy) is 2. The summed E-state index contributed by atoms with van der Waals surface area (Å²) in [4.78, 5) is 0. The van der Waals surface area contributed by atoms with Crippen molar-refractivity contribution in [2.45, 2.75) is 58.7 Å². The van der Waals surface area contributed by atoms with Crippen LogP contribution in [0.1, 0.15) is 55.7 Å². The van der Waals surface area contributed by atoms with Crippen molar-refractivity contribution in [3.05, 3.63) is 94.3 Å². The van der Waals surface area contributed by atoms with Crippen LogP contribution in [0, 0.1) is 36.0 Å². The van der Waals surface area contributed by atoms with Gasteiger partial charge in [-0.15, -0.1) is 0 Å². The number of aryl methyl sites for hydroxylation is 1. The molecule has 1 unspecified atom stereocenters. The maximum absolute atomic E-state index is 15.0. The molecule has 0 spiro atoms. The zero-order valence-corrected chi connectivity index (χ0v) is 20.9. The van der Waals surface area contributed by atoms with Crippen molar-refractivity contribution in [2.24, 2.45) is 0 Å². The summed E-state index contributed by atoms with van der Waals surface area (Å²) in [6, 6.07) is 10.1. The summed E-state index contributed by atoms with van der Waals surface area (Å²) in [6.45, 7) is 3.70. The molecule has 0 aromatic heterocycles. The predicted molar refractivity (Wildman–Crippen MR) is 134 cm³/mol. The second kappa shape index (κ2) is 11.9. The summed E-state index contributed by atoms with van der Waals surface area (Å²) >= 11 is 0. The van der Waals surface area contributed by atoms with Crippen LogP contribution >= 0.6 is 0 Å². The average Bonchev–Trinajstić information content (AvgIpc) is 2.90. The number of hydrogen-bond acceptors (Lipinski definition) is 2. The molecule has 1 atom stereocenters. The highest BCUT2D eigenvalue weighted by Crippen LogP contribution is 2.35. The van der Waals surface area contributed by atoms with E-state index in [0.29, 0.717) is 31.2 Å². The second-order valence-electron chi connectivity index (χ2n) is 9.24. The van der Waals surface area contributed by atoms with E-state index in [-0.39, 0.29) is 47.3 Å². The number of allylic oxidation sites excluding steroid dienone is 1. The molecule has 37 heavy (non-hydrogen) atoms. The summed E-state index contributed by atoms with van der Waals surface area (Å²) in [5, 5.41) is 0. The Balaban J connectivity index is 1.42. The number of unbranched alkanes of at least 4 members (excludes halogenated alkanes) is 1. The molecule has 3 aromatic rings. The van der Waals surface area contributed by atoms with Crippen molar-refractivity contribution in [1.82, 2.24) is 0 Å². The first-order chi connectivity index (χ1) is 17.8. The summed E-state index contributed by atoms with van der Waals surface area (Å²) in [5.74, 6) is -4.89. The van der Waals surface area contributed by atoms with E-state index in [2.05, 4.69) is 0 Å². The van der Waals surface area contributed by atoms with E-state index in [1.165, 1.54) is 43.3 Å². The summed E-state index contributed by atoms with van der Waals surface area (Å²) in [5.41, 5.74) is 1.75. The van der Waals surface area contributed by atoms with Crippen molar-refractivity contribution in [3.63, 3.8) is 0 Å². The van der Waals surface area contributed by atoms with E-state index in [9.17, 15) is 22.0 Å². The van der Waals surface area contributed by atoms with Crippen LogP contribution in [0.4, 0.5) is 22.0 Å². The summed E-state index contributed by atoms with van der Waals surface area (Å²) in [7, 11) is 0. The minimum atomic E-state index is -1.15. The minimum Gasteiger partial charge on any atom is -0.490 e. The van der Waals surface area contributed by atoms with Gasteiger partial charge in [-0.2, -0.15) is 4.39 Å². The molecule has 0 aliphatic heterocycles. The van der Waals surface area contributed by atoms with Gasteiger partial charge < -0.3 is 9.47 Å². The maximum Gasteiger partial charge on any atom is 0.201 e. The standard InChI is InChI=1S/C30H29F5O2/c1-3-4-15-36-26-14-13-24(29(34)30(26)35)23-12-9-20(16-25(23)31)19-7-10-22(11-8-19)37-17-21-6-5-18(2)27(32)28(21)33/h5-7,9,12-14,16,22H,3-4,8,10-11,15,17H2,1-2H3. The number of benzene rings is 3. The third-order valence-electron chi connectivity index (χ3n) is 6.63. The fourth-order valence-electron chi connectivity index (χ4n) is 4.34. The van der Waals surface area contributed by atoms with Crippen LogP contribution in [0.15, 0.2) is 48.5 Å². The molecule has 196 valence electrons. The lowest BCUT2D eigenvalue weighted by molar-refractivity contribution is 0.0342. The van der Waals surface area contributed by atoms with Gasteiger partial charge in [0.1, 0.15) is 5.82 Å². The highest BCUT2D eigenvalue weighted by Gasteiger charge is 2.21. The van der Waals surface area contributed by atoms with Gasteiger partial charge >= 0.3 is 0 Å². The van der Waals surface area contributed by atoms with Crippen LogP contribution in [-0.4, -0.2) is 12.7 Å². The molecular formula is C30H29F5O2. The van der Waals surface area contributed by atoms with Crippen molar-refractivity contribution in [2.75, 3.05) is 6.61 Å². The maximum atomic E-state index is 15.0. The molecule has 2 nitrogen and oxygen atoms in total. The molecule has 0 saturated carbocycles. The van der Waals surface area contributed by atoms with E-state index in [0.717, 1.165) is 12.0 Å². The molecule has 4 rings (SSSR count). The Hall–Kier alpha value is -3.19. The molecule has 7 heteroatoms. The minimum absolute atomic E-state index is 0.0368. The lowest BCUT2D eigenvalue weighted by atomic mass is 9.90. The average molecular weight is 517 g/mol. The van der Waals surface area contributed by atoms with Gasteiger partial charge in [-0.3, -0.25) is 0 Å². The van der Waals surface area contributed by atoms with Gasteiger partial charge in [0.2, 0.25) is 5.82 Å². The molecular weight excluding hydrogens is 487 g/mol. The quantitative estimate of drug-likeness (QED) is 0.209. The Morgan fingerprint density at radius 3 is 2.35 bits per heavy atom. The second-order valence-corrected chi connectivity index (χ2v) is 9.24. The van der Waals surface area contributed by atoms with Crippen molar-refractivity contribution < 1.29 is 31.4 Å². The smallest absolute Gasteiger partial charge is 0.201 e. The summed E-state index contributed by atoms with van der Waals surface area (Å²) in [6.07, 6.45) is 5.09. The lowest BCUT2D eigenvalue weighted by Gasteiger charge is -2.23. The highest BCUT2D eigenvalue weighted by atomic mass is 19.2. The van der Waals surface area contributed by atoms with Crippen LogP contribution in [0.3, 0.4) is 0 Å². The molecule has 0 fully saturated rings. The Morgan fingerprint density at radius 1 is 0.865 bits per heavy atom. The molecule has 0 radical (unpaired) electrons. The first kappa shape index (κ1) is 26.9. The topological polar surface area (TPSA) is 18.5 Å². The zero-order chi connectivity index (χ0) is 26.5. The molecule has 0 N–H and O–H groups in total. The molecule has 0 heterocycles. The number of rotatable bonds is 9. The summed E-state index contributed by atoms with van der Waals surface area (Å²) < 4.78 is 83.1. The molecule has 3 aromatic carbocycles. The van der Waals surface area contributed by atoms with Gasteiger partial charge in [-0.05, 0) is 67.5 Å². The van der Waals surface area contributed by atoms with Crippen LogP contribution in [0.5, 0.6) is 5.75 Å². The Kier molecular flexibility index (Phi) is 8.64. The highest BCUT2D eigenvalue weighted by molar-refractivity contribution is 5.72. The zero-order valence-electron chi connectivity index (χ0n) is 20.9. The molecule has 0 amide bonds. The molecule has 0 saturated heterocycles. The van der Waals surface area contributed by atoms with Crippen LogP contribution in [0.2, 0.25) is 0 Å². The van der Waals surface area contributed by atoms with E-state index in [1.807, 2.05) is 13.0 Å². The van der Waals surface area contributed by atoms with Crippen LogP contribution in [0.25, 0.3) is 16.7 Å². The van der Waals surface area contributed by atoms with Gasteiger partial charge in [0.15, 0.2) is 23.2 Å². The van der Waals surface area contributed by atoms with Crippen molar-refractivity contribution in [3.8, 4) is 16.9 Å². The van der Waals surface area contributed by atoms with Crippen molar-refractivity contribution >= 4 is 5.57 Å². The Labute approximate surface area is 213 Å². The third-order valence-corrected chi connectivity index (χ3v) is 6.63. The van der Waals surface area contributed by atoms with E-state index < -0.39 is 29.1 Å². The molecule has 1 aliphatic carbocycles. The predicted octanol–water partition coefficient (Wildman–Crippen LogP) is 8.69. The lowest BCUT2D eigenvalue weighted by Crippen LogP contribution is -2.16. The van der Waals surface area contributed by atoms with Gasteiger partial charge in [-0.25, -0.2) is 17.6 Å².